The minimum Gasteiger partial charge on any atom is -0.301 e. The number of hydrogen-bond acceptors (Lipinski definition) is 2. The van der Waals surface area contributed by atoms with Crippen LogP contribution in [0.4, 0.5) is 0 Å². The molecule has 0 N–H and O–H groups in total. The Hall–Kier alpha value is -1.35. The number of aromatic nitrogens is 2. The predicted molar refractivity (Wildman–Crippen MR) is 84.1 cm³/mol. The van der Waals surface area contributed by atoms with Gasteiger partial charge in [-0.1, -0.05) is 32.9 Å². The normalized spacial score (nSPS) is 17.1. The first kappa shape index (κ1) is 13.6. The second-order valence-corrected chi connectivity index (χ2v) is 6.94. The number of likely N-dealkylation sites (tertiary alicyclic amines) is 1. The van der Waals surface area contributed by atoms with Crippen LogP contribution >= 0.6 is 0 Å². The van der Waals surface area contributed by atoms with Gasteiger partial charge in [0.15, 0.2) is 0 Å². The molecule has 0 aliphatic carbocycles. The molecule has 0 saturated carbocycles. The quantitative estimate of drug-likeness (QED) is 0.853. The predicted octanol–water partition coefficient (Wildman–Crippen LogP) is 3.43. The summed E-state index contributed by atoms with van der Waals surface area (Å²) in [6.07, 6.45) is 4.70. The molecule has 1 fully saturated rings. The highest BCUT2D eigenvalue weighted by atomic mass is 15.3. The van der Waals surface area contributed by atoms with Crippen LogP contribution in [-0.4, -0.2) is 34.3 Å². The van der Waals surface area contributed by atoms with Crippen LogP contribution in [0.25, 0.3) is 10.9 Å². The van der Waals surface area contributed by atoms with Gasteiger partial charge in [0.2, 0.25) is 0 Å². The van der Waals surface area contributed by atoms with Gasteiger partial charge in [0.1, 0.15) is 0 Å². The maximum absolute atomic E-state index is 4.57. The molecule has 2 heterocycles. The number of nitrogens with zero attached hydrogens (tertiary/aromatic N) is 3. The summed E-state index contributed by atoms with van der Waals surface area (Å²) in [4.78, 5) is 2.54. The standard InChI is InChI=1S/C17H25N3/c1-17(2,3)15-7-6-14-13-18-20(16(14)12-15)11-10-19-8-4-5-9-19/h6-7,12-13H,4-5,8-11H2,1-3H3. The Bertz CT molecular complexity index is 586. The zero-order valence-electron chi connectivity index (χ0n) is 12.9. The maximum atomic E-state index is 4.57. The zero-order chi connectivity index (χ0) is 14.2. The Balaban J connectivity index is 1.83. The molecule has 108 valence electrons. The van der Waals surface area contributed by atoms with Gasteiger partial charge in [-0.05, 0) is 43.0 Å². The van der Waals surface area contributed by atoms with E-state index in [1.165, 1.54) is 42.4 Å². The van der Waals surface area contributed by atoms with E-state index in [1.807, 2.05) is 6.20 Å². The van der Waals surface area contributed by atoms with Gasteiger partial charge >= 0.3 is 0 Å². The minimum atomic E-state index is 0.193. The van der Waals surface area contributed by atoms with Gasteiger partial charge in [-0.3, -0.25) is 4.68 Å². The zero-order valence-corrected chi connectivity index (χ0v) is 12.9. The van der Waals surface area contributed by atoms with Crippen molar-refractivity contribution in [2.24, 2.45) is 0 Å². The average molecular weight is 271 g/mol. The van der Waals surface area contributed by atoms with E-state index in [0.717, 1.165) is 13.1 Å². The number of rotatable bonds is 3. The van der Waals surface area contributed by atoms with Gasteiger partial charge in [-0.25, -0.2) is 0 Å². The van der Waals surface area contributed by atoms with Crippen LogP contribution < -0.4 is 0 Å². The number of fused-ring (bicyclic) bond motifs is 1. The van der Waals surface area contributed by atoms with Crippen LogP contribution in [0.1, 0.15) is 39.2 Å². The van der Waals surface area contributed by atoms with Crippen LogP contribution in [-0.2, 0) is 12.0 Å². The van der Waals surface area contributed by atoms with E-state index in [9.17, 15) is 0 Å². The molecule has 2 aromatic rings. The first-order valence-electron chi connectivity index (χ1n) is 7.72. The largest absolute Gasteiger partial charge is 0.301 e. The van der Waals surface area contributed by atoms with Crippen LogP contribution in [0, 0.1) is 0 Å². The van der Waals surface area contributed by atoms with E-state index in [4.69, 9.17) is 0 Å². The molecule has 1 aliphatic rings. The van der Waals surface area contributed by atoms with Crippen LogP contribution in [0.3, 0.4) is 0 Å². The third-order valence-corrected chi connectivity index (χ3v) is 4.34. The van der Waals surface area contributed by atoms with Gasteiger partial charge in [0.25, 0.3) is 0 Å². The second-order valence-electron chi connectivity index (χ2n) is 6.94. The van der Waals surface area contributed by atoms with E-state index >= 15 is 0 Å². The SMILES string of the molecule is CC(C)(C)c1ccc2cnn(CCN3CCCC3)c2c1. The fraction of sp³-hybridized carbons (Fsp3) is 0.588. The molecular weight excluding hydrogens is 246 g/mol. The fourth-order valence-corrected chi connectivity index (χ4v) is 2.96. The van der Waals surface area contributed by atoms with Crippen molar-refractivity contribution in [3.8, 4) is 0 Å². The van der Waals surface area contributed by atoms with E-state index in [1.54, 1.807) is 0 Å². The van der Waals surface area contributed by atoms with Crippen molar-refractivity contribution in [3.05, 3.63) is 30.0 Å². The molecule has 20 heavy (non-hydrogen) atoms. The Morgan fingerprint density at radius 3 is 2.55 bits per heavy atom. The summed E-state index contributed by atoms with van der Waals surface area (Å²) < 4.78 is 2.17. The summed E-state index contributed by atoms with van der Waals surface area (Å²) in [6.45, 7) is 11.4. The third-order valence-electron chi connectivity index (χ3n) is 4.34. The average Bonchev–Trinajstić information content (AvgIpc) is 3.04. The molecule has 0 unspecified atom stereocenters. The molecule has 0 radical (unpaired) electrons. The van der Waals surface area contributed by atoms with Gasteiger partial charge in [-0.15, -0.1) is 0 Å². The molecule has 1 aromatic heterocycles. The summed E-state index contributed by atoms with van der Waals surface area (Å²) in [5.41, 5.74) is 2.85. The maximum Gasteiger partial charge on any atom is 0.0685 e. The van der Waals surface area contributed by atoms with Crippen molar-refractivity contribution in [2.45, 2.75) is 45.6 Å². The Labute approximate surface area is 121 Å². The van der Waals surface area contributed by atoms with Crippen molar-refractivity contribution in [1.29, 1.82) is 0 Å². The van der Waals surface area contributed by atoms with Gasteiger partial charge in [0.05, 0.1) is 18.3 Å². The number of benzene rings is 1. The van der Waals surface area contributed by atoms with Crippen molar-refractivity contribution in [3.63, 3.8) is 0 Å². The lowest BCUT2D eigenvalue weighted by molar-refractivity contribution is 0.318. The molecule has 0 atom stereocenters. The molecule has 1 aromatic carbocycles. The highest BCUT2D eigenvalue weighted by molar-refractivity contribution is 5.79. The van der Waals surface area contributed by atoms with Crippen molar-refractivity contribution < 1.29 is 0 Å². The minimum absolute atomic E-state index is 0.193. The third kappa shape index (κ3) is 2.73. The lowest BCUT2D eigenvalue weighted by atomic mass is 9.87. The highest BCUT2D eigenvalue weighted by Crippen LogP contribution is 2.26. The highest BCUT2D eigenvalue weighted by Gasteiger charge is 2.16. The molecule has 3 nitrogen and oxygen atoms in total. The van der Waals surface area contributed by atoms with Crippen LogP contribution in [0.15, 0.2) is 24.4 Å². The molecule has 0 bridgehead atoms. The van der Waals surface area contributed by atoms with Crippen LogP contribution in [0.5, 0.6) is 0 Å². The molecule has 0 amide bonds. The smallest absolute Gasteiger partial charge is 0.0685 e. The van der Waals surface area contributed by atoms with E-state index in [0.29, 0.717) is 0 Å². The topological polar surface area (TPSA) is 21.1 Å². The first-order valence-corrected chi connectivity index (χ1v) is 7.72. The summed E-state index contributed by atoms with van der Waals surface area (Å²) in [5.74, 6) is 0. The molecule has 1 saturated heterocycles. The molecule has 0 spiro atoms. The summed E-state index contributed by atoms with van der Waals surface area (Å²) in [5, 5.41) is 5.82. The van der Waals surface area contributed by atoms with E-state index in [-0.39, 0.29) is 5.41 Å². The Morgan fingerprint density at radius 1 is 1.10 bits per heavy atom. The van der Waals surface area contributed by atoms with Gasteiger partial charge < -0.3 is 4.90 Å². The Morgan fingerprint density at radius 2 is 1.85 bits per heavy atom. The van der Waals surface area contributed by atoms with E-state index in [2.05, 4.69) is 53.7 Å². The monoisotopic (exact) mass is 271 g/mol. The second kappa shape index (κ2) is 5.21. The molecule has 1 aliphatic heterocycles. The lowest BCUT2D eigenvalue weighted by Gasteiger charge is -2.19. The lowest BCUT2D eigenvalue weighted by Crippen LogP contribution is -2.24. The molecular formula is C17H25N3. The van der Waals surface area contributed by atoms with Gasteiger partial charge in [-0.2, -0.15) is 5.10 Å². The van der Waals surface area contributed by atoms with Crippen molar-refractivity contribution >= 4 is 10.9 Å². The fourth-order valence-electron chi connectivity index (χ4n) is 2.96. The van der Waals surface area contributed by atoms with E-state index < -0.39 is 0 Å². The Kier molecular flexibility index (Phi) is 3.55. The summed E-state index contributed by atoms with van der Waals surface area (Å²) >= 11 is 0. The van der Waals surface area contributed by atoms with Crippen LogP contribution in [0.2, 0.25) is 0 Å². The molecule has 3 rings (SSSR count). The number of hydrogen-bond donors (Lipinski definition) is 0. The van der Waals surface area contributed by atoms with Crippen molar-refractivity contribution in [2.75, 3.05) is 19.6 Å². The molecule has 3 heteroatoms. The first-order chi connectivity index (χ1) is 9.54. The van der Waals surface area contributed by atoms with Crippen molar-refractivity contribution in [1.82, 2.24) is 14.7 Å². The summed E-state index contributed by atoms with van der Waals surface area (Å²) in [6, 6.07) is 6.75. The summed E-state index contributed by atoms with van der Waals surface area (Å²) in [7, 11) is 0. The van der Waals surface area contributed by atoms with Gasteiger partial charge in [0, 0.05) is 11.9 Å².